The number of methoxy groups -OCH3 is 2. The van der Waals surface area contributed by atoms with Gasteiger partial charge in [0, 0.05) is 38.4 Å². The summed E-state index contributed by atoms with van der Waals surface area (Å²) in [6.07, 6.45) is 0. The minimum absolute atomic E-state index is 0.228. The van der Waals surface area contributed by atoms with E-state index in [0.29, 0.717) is 37.4 Å². The third-order valence-electron chi connectivity index (χ3n) is 2.57. The maximum atomic E-state index is 11.8. The Hall–Kier alpha value is -1.92. The summed E-state index contributed by atoms with van der Waals surface area (Å²) in [5.41, 5.74) is 0.890. The summed E-state index contributed by atoms with van der Waals surface area (Å²) in [6.45, 7) is 1.76. The van der Waals surface area contributed by atoms with Crippen LogP contribution in [0.4, 0.5) is 0 Å². The SMILES string of the molecule is COCCNC(=O)c1cccc(C(=O)NCCOC)c1. The van der Waals surface area contributed by atoms with Gasteiger partial charge in [0.15, 0.2) is 0 Å². The molecular formula is C14H20N2O4. The van der Waals surface area contributed by atoms with Gasteiger partial charge < -0.3 is 20.1 Å². The van der Waals surface area contributed by atoms with Gasteiger partial charge in [-0.25, -0.2) is 0 Å². The van der Waals surface area contributed by atoms with Gasteiger partial charge in [-0.2, -0.15) is 0 Å². The summed E-state index contributed by atoms with van der Waals surface area (Å²) in [4.78, 5) is 23.7. The van der Waals surface area contributed by atoms with Crippen LogP contribution in [0.15, 0.2) is 24.3 Å². The first-order valence-electron chi connectivity index (χ1n) is 6.33. The van der Waals surface area contributed by atoms with E-state index < -0.39 is 0 Å². The molecule has 1 aromatic rings. The van der Waals surface area contributed by atoms with Gasteiger partial charge in [0.25, 0.3) is 11.8 Å². The molecule has 1 rings (SSSR count). The summed E-state index contributed by atoms with van der Waals surface area (Å²) in [6, 6.07) is 6.56. The number of nitrogens with one attached hydrogen (secondary N) is 2. The molecule has 0 heterocycles. The second-order valence-corrected chi connectivity index (χ2v) is 4.08. The van der Waals surface area contributed by atoms with Crippen LogP contribution < -0.4 is 10.6 Å². The van der Waals surface area contributed by atoms with Crippen molar-refractivity contribution in [3.63, 3.8) is 0 Å². The second-order valence-electron chi connectivity index (χ2n) is 4.08. The van der Waals surface area contributed by atoms with Crippen molar-refractivity contribution < 1.29 is 19.1 Å². The first-order chi connectivity index (χ1) is 9.69. The molecule has 0 bridgehead atoms. The van der Waals surface area contributed by atoms with E-state index in [4.69, 9.17) is 9.47 Å². The molecule has 0 radical (unpaired) electrons. The van der Waals surface area contributed by atoms with Gasteiger partial charge >= 0.3 is 0 Å². The van der Waals surface area contributed by atoms with Crippen LogP contribution in [0.2, 0.25) is 0 Å². The average Bonchev–Trinajstić information content (AvgIpc) is 2.47. The highest BCUT2D eigenvalue weighted by molar-refractivity contribution is 5.99. The van der Waals surface area contributed by atoms with E-state index in [0.717, 1.165) is 0 Å². The van der Waals surface area contributed by atoms with Crippen LogP contribution in [0.5, 0.6) is 0 Å². The molecule has 2 N–H and O–H groups in total. The summed E-state index contributed by atoms with van der Waals surface area (Å²) >= 11 is 0. The lowest BCUT2D eigenvalue weighted by Crippen LogP contribution is -2.29. The van der Waals surface area contributed by atoms with Crippen molar-refractivity contribution >= 4 is 11.8 Å². The average molecular weight is 280 g/mol. The van der Waals surface area contributed by atoms with Gasteiger partial charge in [0.2, 0.25) is 0 Å². The third-order valence-corrected chi connectivity index (χ3v) is 2.57. The maximum Gasteiger partial charge on any atom is 0.251 e. The zero-order valence-electron chi connectivity index (χ0n) is 11.8. The lowest BCUT2D eigenvalue weighted by Gasteiger charge is -2.07. The molecule has 6 heteroatoms. The van der Waals surface area contributed by atoms with Crippen LogP contribution >= 0.6 is 0 Å². The molecule has 0 aliphatic heterocycles. The maximum absolute atomic E-state index is 11.8. The zero-order chi connectivity index (χ0) is 14.8. The van der Waals surface area contributed by atoms with E-state index >= 15 is 0 Å². The van der Waals surface area contributed by atoms with Crippen LogP contribution in [0, 0.1) is 0 Å². The van der Waals surface area contributed by atoms with Crippen molar-refractivity contribution in [1.82, 2.24) is 10.6 Å². The Morgan fingerprint density at radius 1 is 0.950 bits per heavy atom. The minimum Gasteiger partial charge on any atom is -0.383 e. The Bertz CT molecular complexity index is 411. The van der Waals surface area contributed by atoms with Crippen molar-refractivity contribution in [2.45, 2.75) is 0 Å². The Labute approximate surface area is 118 Å². The molecule has 110 valence electrons. The molecule has 0 aliphatic carbocycles. The molecule has 0 spiro atoms. The molecule has 0 unspecified atom stereocenters. The summed E-state index contributed by atoms with van der Waals surface area (Å²) in [7, 11) is 3.13. The zero-order valence-corrected chi connectivity index (χ0v) is 11.8. The summed E-state index contributed by atoms with van der Waals surface area (Å²) in [5.74, 6) is -0.456. The number of rotatable bonds is 8. The van der Waals surface area contributed by atoms with E-state index in [1.807, 2.05) is 0 Å². The van der Waals surface area contributed by atoms with E-state index in [2.05, 4.69) is 10.6 Å². The van der Waals surface area contributed by atoms with Gasteiger partial charge in [0.1, 0.15) is 0 Å². The van der Waals surface area contributed by atoms with E-state index in [1.165, 1.54) is 0 Å². The predicted octanol–water partition coefficient (Wildman–Crippen LogP) is 0.439. The van der Waals surface area contributed by atoms with Crippen LogP contribution in [0.1, 0.15) is 20.7 Å². The van der Waals surface area contributed by atoms with E-state index in [9.17, 15) is 9.59 Å². The number of amides is 2. The number of hydrogen-bond acceptors (Lipinski definition) is 4. The van der Waals surface area contributed by atoms with Gasteiger partial charge in [-0.05, 0) is 18.2 Å². The first-order valence-corrected chi connectivity index (χ1v) is 6.33. The molecule has 0 aliphatic rings. The quantitative estimate of drug-likeness (QED) is 0.677. The molecule has 6 nitrogen and oxygen atoms in total. The number of ether oxygens (including phenoxy) is 2. The van der Waals surface area contributed by atoms with Crippen molar-refractivity contribution in [2.24, 2.45) is 0 Å². The minimum atomic E-state index is -0.228. The molecule has 0 fully saturated rings. The molecule has 0 saturated carbocycles. The number of benzene rings is 1. The first kappa shape index (κ1) is 16.1. The van der Waals surface area contributed by atoms with Crippen molar-refractivity contribution in [3.05, 3.63) is 35.4 Å². The van der Waals surface area contributed by atoms with Crippen LogP contribution in [-0.4, -0.2) is 52.3 Å². The van der Waals surface area contributed by atoms with E-state index in [-0.39, 0.29) is 11.8 Å². The Morgan fingerprint density at radius 2 is 1.40 bits per heavy atom. The summed E-state index contributed by atoms with van der Waals surface area (Å²) < 4.78 is 9.71. The number of carbonyl (C=O) groups excluding carboxylic acids is 2. The fourth-order valence-electron chi connectivity index (χ4n) is 1.54. The second kappa shape index (κ2) is 9.06. The molecule has 0 atom stereocenters. The Kier molecular flexibility index (Phi) is 7.31. The highest BCUT2D eigenvalue weighted by atomic mass is 16.5. The number of carbonyl (C=O) groups is 2. The van der Waals surface area contributed by atoms with Crippen LogP contribution in [0.25, 0.3) is 0 Å². The summed E-state index contributed by atoms with van der Waals surface area (Å²) in [5, 5.41) is 5.41. The lowest BCUT2D eigenvalue weighted by atomic mass is 10.1. The molecule has 1 aromatic carbocycles. The Balaban J connectivity index is 2.60. The third kappa shape index (κ3) is 5.38. The smallest absolute Gasteiger partial charge is 0.251 e. The highest BCUT2D eigenvalue weighted by Gasteiger charge is 2.09. The van der Waals surface area contributed by atoms with Crippen molar-refractivity contribution in [2.75, 3.05) is 40.5 Å². The molecule has 2 amide bonds. The molecule has 0 saturated heterocycles. The van der Waals surface area contributed by atoms with Crippen molar-refractivity contribution in [3.8, 4) is 0 Å². The lowest BCUT2D eigenvalue weighted by molar-refractivity contribution is 0.0937. The molecule has 20 heavy (non-hydrogen) atoms. The molecule has 0 aromatic heterocycles. The largest absolute Gasteiger partial charge is 0.383 e. The van der Waals surface area contributed by atoms with Gasteiger partial charge in [-0.1, -0.05) is 6.07 Å². The standard InChI is InChI=1S/C14H20N2O4/c1-19-8-6-15-13(17)11-4-3-5-12(10-11)14(18)16-7-9-20-2/h3-5,10H,6-9H2,1-2H3,(H,15,17)(H,16,18). The van der Waals surface area contributed by atoms with Gasteiger partial charge in [0.05, 0.1) is 13.2 Å². The topological polar surface area (TPSA) is 76.7 Å². The highest BCUT2D eigenvalue weighted by Crippen LogP contribution is 2.05. The van der Waals surface area contributed by atoms with Crippen molar-refractivity contribution in [1.29, 1.82) is 0 Å². The monoisotopic (exact) mass is 280 g/mol. The molecular weight excluding hydrogens is 260 g/mol. The van der Waals surface area contributed by atoms with Crippen LogP contribution in [0.3, 0.4) is 0 Å². The van der Waals surface area contributed by atoms with Crippen LogP contribution in [-0.2, 0) is 9.47 Å². The predicted molar refractivity (Wildman–Crippen MR) is 74.9 cm³/mol. The van der Waals surface area contributed by atoms with Gasteiger partial charge in [-0.3, -0.25) is 9.59 Å². The normalized spacial score (nSPS) is 10.1. The van der Waals surface area contributed by atoms with Gasteiger partial charge in [-0.15, -0.1) is 0 Å². The fraction of sp³-hybridized carbons (Fsp3) is 0.429. The Morgan fingerprint density at radius 3 is 1.80 bits per heavy atom. The number of hydrogen-bond donors (Lipinski definition) is 2. The fourth-order valence-corrected chi connectivity index (χ4v) is 1.54. The van der Waals surface area contributed by atoms with E-state index in [1.54, 1.807) is 38.5 Å².